The van der Waals surface area contributed by atoms with E-state index in [0.29, 0.717) is 18.5 Å². The molecule has 1 aromatic rings. The van der Waals surface area contributed by atoms with E-state index in [4.69, 9.17) is 4.74 Å². The average molecular weight is 472 g/mol. The molecule has 3 amide bonds. The predicted octanol–water partition coefficient (Wildman–Crippen LogP) is 2.16. The minimum Gasteiger partial charge on any atom is -0.394 e. The molecule has 0 aliphatic carbocycles. The Balaban J connectivity index is 1.82. The topological polar surface area (TPSA) is 108 Å². The number of hydrogen-bond acceptors (Lipinski definition) is 5. The molecule has 0 radical (unpaired) electrons. The molecule has 3 aliphatic heterocycles. The van der Waals surface area contributed by atoms with Gasteiger partial charge in [0.1, 0.15) is 11.6 Å². The van der Waals surface area contributed by atoms with Gasteiger partial charge in [-0.05, 0) is 56.7 Å². The standard InChI is InChI=1S/C26H37N3O5/c1-7-15(3)18(13-30)29-21(23(32)28-17-12-14(2)8-9-16(17)4)26-11-10-25(5,34-26)19(22(31)27-6)20(26)24(29)33/h8-9,12,15,18-21,30H,7,10-11,13H2,1-6H3,(H,27,31)(H,28,32)/t15-,18-,19-,20-,21?,25+,26?/m0/s1. The number of aryl methyl sites for hydroxylation is 2. The molecule has 3 N–H and O–H groups in total. The fourth-order valence-electron chi connectivity index (χ4n) is 6.46. The van der Waals surface area contributed by atoms with Crippen molar-refractivity contribution < 1.29 is 24.2 Å². The molecule has 4 rings (SSSR count). The molecule has 8 heteroatoms. The van der Waals surface area contributed by atoms with Crippen LogP contribution >= 0.6 is 0 Å². The summed E-state index contributed by atoms with van der Waals surface area (Å²) in [7, 11) is 1.56. The van der Waals surface area contributed by atoms with Crippen molar-refractivity contribution in [1.82, 2.24) is 10.2 Å². The Labute approximate surface area is 201 Å². The number of hydrogen-bond donors (Lipinski definition) is 3. The number of ether oxygens (including phenoxy) is 1. The Hall–Kier alpha value is -2.45. The maximum Gasteiger partial charge on any atom is 0.250 e. The lowest BCUT2D eigenvalue weighted by atomic mass is 9.66. The van der Waals surface area contributed by atoms with Gasteiger partial charge in [-0.1, -0.05) is 32.4 Å². The molecule has 7 atom stereocenters. The number of benzene rings is 1. The van der Waals surface area contributed by atoms with E-state index in [-0.39, 0.29) is 30.2 Å². The zero-order valence-electron chi connectivity index (χ0n) is 21.0. The third kappa shape index (κ3) is 3.45. The van der Waals surface area contributed by atoms with Crippen molar-refractivity contribution in [2.24, 2.45) is 17.8 Å². The highest BCUT2D eigenvalue weighted by molar-refractivity contribution is 6.04. The van der Waals surface area contributed by atoms with Crippen LogP contribution in [0.2, 0.25) is 0 Å². The second-order valence-corrected chi connectivity index (χ2v) is 10.5. The Morgan fingerprint density at radius 2 is 1.97 bits per heavy atom. The highest BCUT2D eigenvalue weighted by atomic mass is 16.5. The van der Waals surface area contributed by atoms with Crippen molar-refractivity contribution >= 4 is 23.4 Å². The molecule has 2 unspecified atom stereocenters. The number of aliphatic hydroxyl groups is 1. The highest BCUT2D eigenvalue weighted by Crippen LogP contribution is 2.63. The van der Waals surface area contributed by atoms with Gasteiger partial charge in [0.05, 0.1) is 30.1 Å². The van der Waals surface area contributed by atoms with Crippen LogP contribution < -0.4 is 10.6 Å². The fraction of sp³-hybridized carbons (Fsp3) is 0.654. The lowest BCUT2D eigenvalue weighted by Crippen LogP contribution is -2.57. The summed E-state index contributed by atoms with van der Waals surface area (Å²) in [6.45, 7) is 9.44. The second kappa shape index (κ2) is 8.64. The normalized spacial score (nSPS) is 33.6. The van der Waals surface area contributed by atoms with Gasteiger partial charge in [-0.2, -0.15) is 0 Å². The summed E-state index contributed by atoms with van der Waals surface area (Å²) >= 11 is 0. The van der Waals surface area contributed by atoms with Gasteiger partial charge in [-0.3, -0.25) is 14.4 Å². The average Bonchev–Trinajstić information content (AvgIpc) is 3.37. The van der Waals surface area contributed by atoms with Crippen LogP contribution in [0.15, 0.2) is 18.2 Å². The summed E-state index contributed by atoms with van der Waals surface area (Å²) in [6, 6.07) is 4.34. The van der Waals surface area contributed by atoms with E-state index in [2.05, 4.69) is 10.6 Å². The molecule has 3 saturated heterocycles. The fourth-order valence-corrected chi connectivity index (χ4v) is 6.46. The van der Waals surface area contributed by atoms with Gasteiger partial charge in [0.2, 0.25) is 17.7 Å². The zero-order chi connectivity index (χ0) is 25.0. The van der Waals surface area contributed by atoms with Gasteiger partial charge >= 0.3 is 0 Å². The van der Waals surface area contributed by atoms with Gasteiger partial charge in [0.25, 0.3) is 0 Å². The van der Waals surface area contributed by atoms with Crippen LogP contribution in [0.4, 0.5) is 5.69 Å². The highest BCUT2D eigenvalue weighted by Gasteiger charge is 2.78. The summed E-state index contributed by atoms with van der Waals surface area (Å²) in [6.07, 6.45) is 1.83. The molecule has 2 bridgehead atoms. The maximum absolute atomic E-state index is 14.0. The first-order valence-electron chi connectivity index (χ1n) is 12.3. The van der Waals surface area contributed by atoms with E-state index < -0.39 is 35.1 Å². The first kappa shape index (κ1) is 24.7. The number of likely N-dealkylation sites (tertiary alicyclic amines) is 1. The molecule has 1 spiro atoms. The van der Waals surface area contributed by atoms with E-state index in [1.54, 1.807) is 11.9 Å². The summed E-state index contributed by atoms with van der Waals surface area (Å²) in [5, 5.41) is 16.1. The molecule has 1 aromatic carbocycles. The second-order valence-electron chi connectivity index (χ2n) is 10.5. The molecule has 34 heavy (non-hydrogen) atoms. The lowest BCUT2D eigenvalue weighted by Gasteiger charge is -2.39. The maximum atomic E-state index is 14.0. The molecule has 0 aromatic heterocycles. The Kier molecular flexibility index (Phi) is 6.27. The number of aliphatic hydroxyl groups excluding tert-OH is 1. The van der Waals surface area contributed by atoms with Crippen LogP contribution in [0.5, 0.6) is 0 Å². The number of anilines is 1. The number of rotatable bonds is 7. The summed E-state index contributed by atoms with van der Waals surface area (Å²) in [5.41, 5.74) is 0.690. The Morgan fingerprint density at radius 3 is 2.59 bits per heavy atom. The number of nitrogens with one attached hydrogen (secondary N) is 2. The molecule has 3 fully saturated rings. The van der Waals surface area contributed by atoms with Gasteiger partial charge in [0, 0.05) is 12.7 Å². The van der Waals surface area contributed by atoms with Gasteiger partial charge in [-0.25, -0.2) is 0 Å². The van der Waals surface area contributed by atoms with E-state index in [1.807, 2.05) is 52.8 Å². The van der Waals surface area contributed by atoms with Gasteiger partial charge in [-0.15, -0.1) is 0 Å². The van der Waals surface area contributed by atoms with Crippen LogP contribution in [0.1, 0.15) is 51.2 Å². The SMILES string of the molecule is CC[C@H](C)[C@H](CO)N1C(=O)[C@@H]2[C@@H](C(=O)NC)[C@@]3(C)CCC2(O3)C1C(=O)Nc1cc(C)ccc1C. The predicted molar refractivity (Wildman–Crippen MR) is 128 cm³/mol. The number of fused-ring (bicyclic) bond motifs is 1. The van der Waals surface area contributed by atoms with E-state index in [1.165, 1.54) is 0 Å². The number of carbonyl (C=O) groups is 3. The summed E-state index contributed by atoms with van der Waals surface area (Å²) in [4.78, 5) is 42.5. The van der Waals surface area contributed by atoms with E-state index in [9.17, 15) is 19.5 Å². The molecular formula is C26H37N3O5. The quantitative estimate of drug-likeness (QED) is 0.565. The van der Waals surface area contributed by atoms with Gasteiger partial charge < -0.3 is 25.4 Å². The van der Waals surface area contributed by atoms with Crippen molar-refractivity contribution in [2.75, 3.05) is 19.0 Å². The van der Waals surface area contributed by atoms with Gasteiger partial charge in [0.15, 0.2) is 0 Å². The molecule has 3 aliphatic rings. The monoisotopic (exact) mass is 471 g/mol. The largest absolute Gasteiger partial charge is 0.394 e. The number of carbonyl (C=O) groups excluding carboxylic acids is 3. The van der Waals surface area contributed by atoms with Crippen LogP contribution in [-0.4, -0.2) is 64.7 Å². The van der Waals surface area contributed by atoms with E-state index in [0.717, 1.165) is 17.5 Å². The molecule has 3 heterocycles. The zero-order valence-corrected chi connectivity index (χ0v) is 21.0. The summed E-state index contributed by atoms with van der Waals surface area (Å²) in [5.74, 6) is -2.35. The third-order valence-corrected chi connectivity index (χ3v) is 8.49. The number of amides is 3. The van der Waals surface area contributed by atoms with Crippen molar-refractivity contribution in [1.29, 1.82) is 0 Å². The third-order valence-electron chi connectivity index (χ3n) is 8.49. The summed E-state index contributed by atoms with van der Waals surface area (Å²) < 4.78 is 6.58. The van der Waals surface area contributed by atoms with Crippen molar-refractivity contribution in [3.63, 3.8) is 0 Å². The van der Waals surface area contributed by atoms with Crippen molar-refractivity contribution in [3.05, 3.63) is 29.3 Å². The first-order chi connectivity index (χ1) is 16.0. The lowest BCUT2D eigenvalue weighted by molar-refractivity contribution is -0.149. The van der Waals surface area contributed by atoms with Crippen LogP contribution in [0, 0.1) is 31.6 Å². The molecule has 8 nitrogen and oxygen atoms in total. The van der Waals surface area contributed by atoms with Crippen LogP contribution in [0.25, 0.3) is 0 Å². The first-order valence-corrected chi connectivity index (χ1v) is 12.3. The molecule has 186 valence electrons. The van der Waals surface area contributed by atoms with Crippen LogP contribution in [0.3, 0.4) is 0 Å². The smallest absolute Gasteiger partial charge is 0.250 e. The van der Waals surface area contributed by atoms with E-state index >= 15 is 0 Å². The van der Waals surface area contributed by atoms with Crippen molar-refractivity contribution in [3.8, 4) is 0 Å². The Morgan fingerprint density at radius 1 is 1.26 bits per heavy atom. The molecular weight excluding hydrogens is 434 g/mol. The van der Waals surface area contributed by atoms with Crippen LogP contribution in [-0.2, 0) is 19.1 Å². The minimum atomic E-state index is -1.11. The minimum absolute atomic E-state index is 0.0357. The number of nitrogens with zero attached hydrogens (tertiary/aromatic N) is 1. The molecule has 0 saturated carbocycles. The van der Waals surface area contributed by atoms with Crippen molar-refractivity contribution in [2.45, 2.75) is 77.2 Å². The Bertz CT molecular complexity index is 1010.